The fraction of sp³-hybridized carbons (Fsp3) is 0.348. The van der Waals surface area contributed by atoms with Gasteiger partial charge in [-0.3, -0.25) is 4.79 Å². The Balaban J connectivity index is 1.52. The number of ether oxygens (including phenoxy) is 4. The molecule has 0 spiro atoms. The molecule has 1 unspecified atom stereocenters. The first-order valence-electron chi connectivity index (χ1n) is 9.79. The first-order valence-corrected chi connectivity index (χ1v) is 9.79. The zero-order valence-electron chi connectivity index (χ0n) is 16.7. The lowest BCUT2D eigenvalue weighted by molar-refractivity contribution is -0.126. The predicted molar refractivity (Wildman–Crippen MR) is 110 cm³/mol. The van der Waals surface area contributed by atoms with Crippen LogP contribution in [0.15, 0.2) is 42.5 Å². The Morgan fingerprint density at radius 2 is 1.76 bits per heavy atom. The molecule has 1 saturated heterocycles. The van der Waals surface area contributed by atoms with Gasteiger partial charge in [0.25, 0.3) is 0 Å². The van der Waals surface area contributed by atoms with Gasteiger partial charge in [0.05, 0.1) is 20.3 Å². The Hall–Kier alpha value is -3.15. The smallest absolute Gasteiger partial charge is 0.247 e. The summed E-state index contributed by atoms with van der Waals surface area (Å²) in [6.45, 7) is 1.86. The molecule has 0 aromatic heterocycles. The number of nitrogens with zero attached hydrogens (tertiary/aromatic N) is 1. The van der Waals surface area contributed by atoms with Crippen LogP contribution in [0.1, 0.15) is 30.0 Å². The third kappa shape index (κ3) is 4.16. The molecule has 0 bridgehead atoms. The van der Waals surface area contributed by atoms with Gasteiger partial charge in [-0.05, 0) is 54.3 Å². The summed E-state index contributed by atoms with van der Waals surface area (Å²) in [7, 11) is 3.21. The van der Waals surface area contributed by atoms with Crippen molar-refractivity contribution in [2.75, 3.05) is 34.0 Å². The Morgan fingerprint density at radius 1 is 1.03 bits per heavy atom. The van der Waals surface area contributed by atoms with Crippen LogP contribution in [0, 0.1) is 0 Å². The molecule has 0 N–H and O–H groups in total. The monoisotopic (exact) mass is 395 g/mol. The fourth-order valence-corrected chi connectivity index (χ4v) is 3.83. The van der Waals surface area contributed by atoms with E-state index >= 15 is 0 Å². The molecular formula is C23H25NO5. The maximum absolute atomic E-state index is 12.9. The van der Waals surface area contributed by atoms with E-state index in [0.29, 0.717) is 24.7 Å². The van der Waals surface area contributed by atoms with Crippen molar-refractivity contribution in [3.63, 3.8) is 0 Å². The van der Waals surface area contributed by atoms with Crippen LogP contribution in [-0.2, 0) is 4.79 Å². The van der Waals surface area contributed by atoms with Crippen LogP contribution < -0.4 is 18.9 Å². The van der Waals surface area contributed by atoms with Gasteiger partial charge in [-0.15, -0.1) is 0 Å². The number of amides is 1. The molecule has 0 aliphatic carbocycles. The fourth-order valence-electron chi connectivity index (χ4n) is 3.83. The van der Waals surface area contributed by atoms with Gasteiger partial charge in [-0.1, -0.05) is 6.07 Å². The Kier molecular flexibility index (Phi) is 5.60. The minimum atomic E-state index is -0.0100. The average Bonchev–Trinajstić information content (AvgIpc) is 3.27. The molecule has 1 amide bonds. The summed E-state index contributed by atoms with van der Waals surface area (Å²) < 4.78 is 21.9. The molecule has 6 nitrogen and oxygen atoms in total. The lowest BCUT2D eigenvalue weighted by Crippen LogP contribution is -2.29. The molecular weight excluding hydrogens is 370 g/mol. The van der Waals surface area contributed by atoms with Crippen molar-refractivity contribution in [2.45, 2.75) is 18.9 Å². The van der Waals surface area contributed by atoms with E-state index in [0.717, 1.165) is 42.0 Å². The molecule has 2 aliphatic rings. The van der Waals surface area contributed by atoms with Crippen LogP contribution in [0.4, 0.5) is 0 Å². The SMILES string of the molecule is COc1cc(/C=C/C(=O)N2CCCC2c2ccc3c(c2)OCCO3)cc(OC)c1. The molecule has 1 fully saturated rings. The minimum absolute atomic E-state index is 0.0100. The van der Waals surface area contributed by atoms with Gasteiger partial charge in [-0.2, -0.15) is 0 Å². The standard InChI is InChI=1S/C23H25NO5/c1-26-18-12-16(13-19(15-18)27-2)5-8-23(25)24-9-3-4-20(24)17-6-7-21-22(14-17)29-11-10-28-21/h5-8,12-15,20H,3-4,9-11H2,1-2H3/b8-5+. The van der Waals surface area contributed by atoms with Gasteiger partial charge in [0.2, 0.25) is 5.91 Å². The van der Waals surface area contributed by atoms with E-state index in [-0.39, 0.29) is 11.9 Å². The molecule has 0 radical (unpaired) electrons. The van der Waals surface area contributed by atoms with Gasteiger partial charge in [-0.25, -0.2) is 0 Å². The molecule has 0 saturated carbocycles. The molecule has 1 atom stereocenters. The van der Waals surface area contributed by atoms with Crippen molar-refractivity contribution in [1.29, 1.82) is 0 Å². The van der Waals surface area contributed by atoms with Gasteiger partial charge >= 0.3 is 0 Å². The second-order valence-electron chi connectivity index (χ2n) is 7.07. The van der Waals surface area contributed by atoms with E-state index in [1.165, 1.54) is 0 Å². The summed E-state index contributed by atoms with van der Waals surface area (Å²) in [5.74, 6) is 2.89. The third-order valence-electron chi connectivity index (χ3n) is 5.28. The number of likely N-dealkylation sites (tertiary alicyclic amines) is 1. The van der Waals surface area contributed by atoms with Crippen molar-refractivity contribution in [2.24, 2.45) is 0 Å². The number of hydrogen-bond donors (Lipinski definition) is 0. The molecule has 6 heteroatoms. The summed E-state index contributed by atoms with van der Waals surface area (Å²) in [6, 6.07) is 11.5. The molecule has 2 aromatic carbocycles. The van der Waals surface area contributed by atoms with Crippen molar-refractivity contribution >= 4 is 12.0 Å². The largest absolute Gasteiger partial charge is 0.497 e. The Labute approximate surface area is 170 Å². The summed E-state index contributed by atoms with van der Waals surface area (Å²) in [4.78, 5) is 14.8. The Bertz CT molecular complexity index is 901. The summed E-state index contributed by atoms with van der Waals surface area (Å²) >= 11 is 0. The molecule has 152 valence electrons. The van der Waals surface area contributed by atoms with Crippen LogP contribution in [0.3, 0.4) is 0 Å². The quantitative estimate of drug-likeness (QED) is 0.720. The maximum Gasteiger partial charge on any atom is 0.247 e. The molecule has 2 heterocycles. The van der Waals surface area contributed by atoms with Crippen molar-refractivity contribution < 1.29 is 23.7 Å². The van der Waals surface area contributed by atoms with Gasteiger partial charge in [0.15, 0.2) is 11.5 Å². The minimum Gasteiger partial charge on any atom is -0.497 e. The lowest BCUT2D eigenvalue weighted by atomic mass is 10.0. The van der Waals surface area contributed by atoms with Crippen LogP contribution in [0.5, 0.6) is 23.0 Å². The predicted octanol–water partition coefficient (Wildman–Crippen LogP) is 3.85. The summed E-state index contributed by atoms with van der Waals surface area (Å²) in [5, 5.41) is 0. The van der Waals surface area contributed by atoms with Crippen LogP contribution >= 0.6 is 0 Å². The van der Waals surface area contributed by atoms with E-state index in [2.05, 4.69) is 0 Å². The van der Waals surface area contributed by atoms with E-state index < -0.39 is 0 Å². The number of fused-ring (bicyclic) bond motifs is 1. The van der Waals surface area contributed by atoms with Gasteiger partial charge < -0.3 is 23.8 Å². The zero-order valence-corrected chi connectivity index (χ0v) is 16.7. The van der Waals surface area contributed by atoms with Crippen molar-refractivity contribution in [3.8, 4) is 23.0 Å². The summed E-state index contributed by atoms with van der Waals surface area (Å²) in [6.07, 6.45) is 5.33. The summed E-state index contributed by atoms with van der Waals surface area (Å²) in [5.41, 5.74) is 1.93. The van der Waals surface area contributed by atoms with Crippen molar-refractivity contribution in [1.82, 2.24) is 4.90 Å². The van der Waals surface area contributed by atoms with E-state index in [4.69, 9.17) is 18.9 Å². The van der Waals surface area contributed by atoms with E-state index in [1.54, 1.807) is 32.4 Å². The van der Waals surface area contributed by atoms with E-state index in [1.807, 2.05) is 35.2 Å². The average molecular weight is 395 g/mol. The second-order valence-corrected chi connectivity index (χ2v) is 7.07. The maximum atomic E-state index is 12.9. The molecule has 2 aliphatic heterocycles. The number of benzene rings is 2. The molecule has 4 rings (SSSR count). The lowest BCUT2D eigenvalue weighted by Gasteiger charge is -2.26. The first kappa shape index (κ1) is 19.2. The first-order chi connectivity index (χ1) is 14.2. The van der Waals surface area contributed by atoms with Crippen molar-refractivity contribution in [3.05, 3.63) is 53.6 Å². The highest BCUT2D eigenvalue weighted by molar-refractivity contribution is 5.92. The second kappa shape index (κ2) is 8.47. The van der Waals surface area contributed by atoms with Crippen LogP contribution in [0.25, 0.3) is 6.08 Å². The number of methoxy groups -OCH3 is 2. The van der Waals surface area contributed by atoms with Gasteiger partial charge in [0, 0.05) is 18.7 Å². The zero-order chi connectivity index (χ0) is 20.2. The Morgan fingerprint density at radius 3 is 2.48 bits per heavy atom. The highest BCUT2D eigenvalue weighted by atomic mass is 16.6. The van der Waals surface area contributed by atoms with Crippen LogP contribution in [0.2, 0.25) is 0 Å². The number of hydrogen-bond acceptors (Lipinski definition) is 5. The van der Waals surface area contributed by atoms with Gasteiger partial charge in [0.1, 0.15) is 24.7 Å². The van der Waals surface area contributed by atoms with Crippen LogP contribution in [-0.4, -0.2) is 44.8 Å². The number of carbonyl (C=O) groups is 1. The topological polar surface area (TPSA) is 57.2 Å². The van der Waals surface area contributed by atoms with E-state index in [9.17, 15) is 4.79 Å². The third-order valence-corrected chi connectivity index (χ3v) is 5.28. The molecule has 2 aromatic rings. The number of rotatable bonds is 5. The highest BCUT2D eigenvalue weighted by Crippen LogP contribution is 2.38. The highest BCUT2D eigenvalue weighted by Gasteiger charge is 2.29. The normalized spacial score (nSPS) is 18.1. The number of carbonyl (C=O) groups excluding carboxylic acids is 1. The molecule has 29 heavy (non-hydrogen) atoms.